The fourth-order valence-corrected chi connectivity index (χ4v) is 3.93. The number of sulfonamides is 1. The highest BCUT2D eigenvalue weighted by Crippen LogP contribution is 2.18. The zero-order valence-electron chi connectivity index (χ0n) is 13.3. The molecule has 0 radical (unpaired) electrons. The normalized spacial score (nSPS) is 19.9. The lowest BCUT2D eigenvalue weighted by molar-refractivity contribution is -0.135. The summed E-state index contributed by atoms with van der Waals surface area (Å²) >= 11 is 0. The topological polar surface area (TPSA) is 90.3 Å². The van der Waals surface area contributed by atoms with Gasteiger partial charge in [-0.05, 0) is 57.4 Å². The fraction of sp³-hybridized carbons (Fsp3) is 0.500. The molecular weight excluding hydrogens is 314 g/mol. The Labute approximate surface area is 137 Å². The minimum Gasteiger partial charge on any atom is -0.339 e. The molecule has 1 heterocycles. The maximum atomic E-state index is 12.5. The van der Waals surface area contributed by atoms with Crippen molar-refractivity contribution < 1.29 is 13.2 Å². The molecule has 1 amide bonds. The van der Waals surface area contributed by atoms with E-state index in [9.17, 15) is 13.2 Å². The van der Waals surface area contributed by atoms with Crippen LogP contribution in [0.3, 0.4) is 0 Å². The molecule has 1 fully saturated rings. The van der Waals surface area contributed by atoms with Gasteiger partial charge in [-0.25, -0.2) is 8.42 Å². The minimum atomic E-state index is -3.79. The Hall–Kier alpha value is -1.91. The smallest absolute Gasteiger partial charge is 0.241 e. The summed E-state index contributed by atoms with van der Waals surface area (Å²) in [4.78, 5) is 14.3. The van der Waals surface area contributed by atoms with Gasteiger partial charge < -0.3 is 4.90 Å². The number of rotatable bonds is 4. The van der Waals surface area contributed by atoms with Gasteiger partial charge in [0.2, 0.25) is 15.9 Å². The van der Waals surface area contributed by atoms with Gasteiger partial charge in [0.05, 0.1) is 22.6 Å². The SMILES string of the molecule is CC(NS(=O)(=O)c1ccc(C#N)cc1)C(=O)N1CCCCC1C. The molecule has 2 unspecified atom stereocenters. The van der Waals surface area contributed by atoms with Crippen LogP contribution in [0.2, 0.25) is 0 Å². The van der Waals surface area contributed by atoms with E-state index in [-0.39, 0.29) is 16.8 Å². The Morgan fingerprint density at radius 1 is 1.35 bits per heavy atom. The third-order valence-electron chi connectivity index (χ3n) is 4.08. The first-order valence-corrected chi connectivity index (χ1v) is 9.16. The van der Waals surface area contributed by atoms with E-state index in [4.69, 9.17) is 5.26 Å². The number of nitrogens with one attached hydrogen (secondary N) is 1. The second-order valence-corrected chi connectivity index (χ2v) is 7.57. The Kier molecular flexibility index (Phi) is 5.39. The van der Waals surface area contributed by atoms with E-state index in [0.29, 0.717) is 12.1 Å². The van der Waals surface area contributed by atoms with Crippen LogP contribution in [0.4, 0.5) is 0 Å². The molecule has 0 bridgehead atoms. The summed E-state index contributed by atoms with van der Waals surface area (Å²) in [6.45, 7) is 4.21. The maximum Gasteiger partial charge on any atom is 0.241 e. The number of piperidine rings is 1. The zero-order chi connectivity index (χ0) is 17.0. The largest absolute Gasteiger partial charge is 0.339 e. The average molecular weight is 335 g/mol. The molecule has 1 saturated heterocycles. The van der Waals surface area contributed by atoms with E-state index in [1.165, 1.54) is 24.3 Å². The van der Waals surface area contributed by atoms with E-state index < -0.39 is 16.1 Å². The van der Waals surface area contributed by atoms with Gasteiger partial charge in [-0.1, -0.05) is 0 Å². The van der Waals surface area contributed by atoms with Gasteiger partial charge in [-0.3, -0.25) is 4.79 Å². The van der Waals surface area contributed by atoms with Crippen LogP contribution in [-0.2, 0) is 14.8 Å². The highest BCUT2D eigenvalue weighted by molar-refractivity contribution is 7.89. The Bertz CT molecular complexity index is 707. The number of nitrogens with zero attached hydrogens (tertiary/aromatic N) is 2. The first-order chi connectivity index (χ1) is 10.8. The quantitative estimate of drug-likeness (QED) is 0.905. The van der Waals surface area contributed by atoms with E-state index in [1.54, 1.807) is 11.8 Å². The summed E-state index contributed by atoms with van der Waals surface area (Å²) in [7, 11) is -3.79. The summed E-state index contributed by atoms with van der Waals surface area (Å²) in [6, 6.07) is 6.85. The molecule has 1 aliphatic rings. The van der Waals surface area contributed by atoms with Gasteiger partial charge in [-0.2, -0.15) is 9.98 Å². The first-order valence-electron chi connectivity index (χ1n) is 7.68. The van der Waals surface area contributed by atoms with E-state index in [2.05, 4.69) is 4.72 Å². The molecule has 1 aliphatic heterocycles. The molecule has 0 aromatic heterocycles. The highest BCUT2D eigenvalue weighted by atomic mass is 32.2. The van der Waals surface area contributed by atoms with Crippen molar-refractivity contribution in [3.05, 3.63) is 29.8 Å². The first kappa shape index (κ1) is 17.4. The summed E-state index contributed by atoms with van der Waals surface area (Å²) in [5, 5.41) is 8.75. The van der Waals surface area contributed by atoms with Crippen molar-refractivity contribution in [1.82, 2.24) is 9.62 Å². The van der Waals surface area contributed by atoms with Crippen molar-refractivity contribution in [3.8, 4) is 6.07 Å². The fourth-order valence-electron chi connectivity index (χ4n) is 2.73. The van der Waals surface area contributed by atoms with Gasteiger partial charge in [0.25, 0.3) is 0 Å². The molecule has 1 aromatic rings. The molecule has 1 N–H and O–H groups in total. The number of carbonyl (C=O) groups is 1. The van der Waals surface area contributed by atoms with E-state index in [1.807, 2.05) is 13.0 Å². The molecule has 1 aromatic carbocycles. The molecule has 2 atom stereocenters. The molecule has 0 aliphatic carbocycles. The van der Waals surface area contributed by atoms with Gasteiger partial charge in [-0.15, -0.1) is 0 Å². The lowest BCUT2D eigenvalue weighted by Gasteiger charge is -2.35. The van der Waals surface area contributed by atoms with Gasteiger partial charge in [0, 0.05) is 12.6 Å². The number of hydrogen-bond donors (Lipinski definition) is 1. The molecule has 7 heteroatoms. The molecule has 23 heavy (non-hydrogen) atoms. The van der Waals surface area contributed by atoms with Crippen LogP contribution in [-0.4, -0.2) is 37.9 Å². The Morgan fingerprint density at radius 3 is 2.57 bits per heavy atom. The van der Waals surface area contributed by atoms with Crippen LogP contribution >= 0.6 is 0 Å². The van der Waals surface area contributed by atoms with Crippen molar-refractivity contribution in [2.24, 2.45) is 0 Å². The number of hydrogen-bond acceptors (Lipinski definition) is 4. The van der Waals surface area contributed by atoms with E-state index in [0.717, 1.165) is 19.3 Å². The Balaban J connectivity index is 2.09. The molecule has 0 saturated carbocycles. The number of amides is 1. The lowest BCUT2D eigenvalue weighted by atomic mass is 10.0. The van der Waals surface area contributed by atoms with Gasteiger partial charge in [0.1, 0.15) is 0 Å². The van der Waals surface area contributed by atoms with Crippen LogP contribution < -0.4 is 4.72 Å². The van der Waals surface area contributed by atoms with Crippen LogP contribution in [0.15, 0.2) is 29.2 Å². The highest BCUT2D eigenvalue weighted by Gasteiger charge is 2.29. The van der Waals surface area contributed by atoms with Gasteiger partial charge >= 0.3 is 0 Å². The summed E-state index contributed by atoms with van der Waals surface area (Å²) in [5.74, 6) is -0.200. The minimum absolute atomic E-state index is 0.0443. The van der Waals surface area contributed by atoms with Crippen molar-refractivity contribution in [2.75, 3.05) is 6.54 Å². The van der Waals surface area contributed by atoms with Crippen LogP contribution in [0.25, 0.3) is 0 Å². The maximum absolute atomic E-state index is 12.5. The summed E-state index contributed by atoms with van der Waals surface area (Å²) < 4.78 is 27.1. The predicted octanol–water partition coefficient (Wildman–Crippen LogP) is 1.63. The van der Waals surface area contributed by atoms with Crippen molar-refractivity contribution >= 4 is 15.9 Å². The standard InChI is InChI=1S/C16H21N3O3S/c1-12-5-3-4-10-19(12)16(20)13(2)18-23(21,22)15-8-6-14(11-17)7-9-15/h6-9,12-13,18H,3-5,10H2,1-2H3. The second-order valence-electron chi connectivity index (χ2n) is 5.86. The second kappa shape index (κ2) is 7.11. The van der Waals surface area contributed by atoms with Crippen LogP contribution in [0, 0.1) is 11.3 Å². The van der Waals surface area contributed by atoms with Crippen molar-refractivity contribution in [1.29, 1.82) is 5.26 Å². The number of benzene rings is 1. The number of nitriles is 1. The van der Waals surface area contributed by atoms with Gasteiger partial charge in [0.15, 0.2) is 0 Å². The number of likely N-dealkylation sites (tertiary alicyclic amines) is 1. The van der Waals surface area contributed by atoms with Crippen LogP contribution in [0.1, 0.15) is 38.7 Å². The monoisotopic (exact) mass is 335 g/mol. The van der Waals surface area contributed by atoms with Crippen molar-refractivity contribution in [2.45, 2.75) is 50.1 Å². The summed E-state index contributed by atoms with van der Waals surface area (Å²) in [5.41, 5.74) is 0.384. The molecule has 2 rings (SSSR count). The molecule has 124 valence electrons. The summed E-state index contributed by atoms with van der Waals surface area (Å²) in [6.07, 6.45) is 2.99. The van der Waals surface area contributed by atoms with E-state index >= 15 is 0 Å². The Morgan fingerprint density at radius 2 is 2.00 bits per heavy atom. The predicted molar refractivity (Wildman–Crippen MR) is 86.0 cm³/mol. The molecular formula is C16H21N3O3S. The lowest BCUT2D eigenvalue weighted by Crippen LogP contribution is -2.51. The average Bonchev–Trinajstić information content (AvgIpc) is 2.54. The zero-order valence-corrected chi connectivity index (χ0v) is 14.1. The third-order valence-corrected chi connectivity index (χ3v) is 5.64. The van der Waals surface area contributed by atoms with Crippen molar-refractivity contribution in [3.63, 3.8) is 0 Å². The third kappa shape index (κ3) is 4.09. The number of carbonyl (C=O) groups excluding carboxylic acids is 1. The molecule has 0 spiro atoms. The molecule has 6 nitrogen and oxygen atoms in total. The van der Waals surface area contributed by atoms with Crippen LogP contribution in [0.5, 0.6) is 0 Å².